The highest BCUT2D eigenvalue weighted by Gasteiger charge is 2.27. The number of aromatic amines is 1. The lowest BCUT2D eigenvalue weighted by molar-refractivity contribution is 0.500. The van der Waals surface area contributed by atoms with Crippen LogP contribution in [0.2, 0.25) is 0 Å². The number of nitrogens with zero attached hydrogens (tertiary/aromatic N) is 3. The molecule has 2 aromatic rings. The zero-order chi connectivity index (χ0) is 18.0. The lowest BCUT2D eigenvalue weighted by atomic mass is 9.93. The highest BCUT2D eigenvalue weighted by molar-refractivity contribution is 7.92. The third kappa shape index (κ3) is 3.74. The summed E-state index contributed by atoms with van der Waals surface area (Å²) < 4.78 is 39.3. The van der Waals surface area contributed by atoms with Crippen molar-refractivity contribution in [2.75, 3.05) is 29.0 Å². The van der Waals surface area contributed by atoms with E-state index >= 15 is 0 Å². The van der Waals surface area contributed by atoms with Crippen LogP contribution in [0.25, 0.3) is 0 Å². The number of hydrogen-bond acceptors (Lipinski definition) is 5. The first-order valence-corrected chi connectivity index (χ1v) is 9.73. The van der Waals surface area contributed by atoms with Crippen molar-refractivity contribution in [3.63, 3.8) is 0 Å². The molecular weight excluding hydrogens is 345 g/mol. The Morgan fingerprint density at radius 3 is 3.00 bits per heavy atom. The molecule has 1 aromatic carbocycles. The first-order valence-electron chi connectivity index (χ1n) is 7.83. The van der Waals surface area contributed by atoms with Crippen LogP contribution in [0.15, 0.2) is 24.4 Å². The average molecular weight is 363 g/mol. The maximum Gasteiger partial charge on any atom is 0.229 e. The number of nitriles is 1. The van der Waals surface area contributed by atoms with Crippen molar-refractivity contribution in [1.29, 1.82) is 5.26 Å². The van der Waals surface area contributed by atoms with Gasteiger partial charge in [-0.15, -0.1) is 0 Å². The highest BCUT2D eigenvalue weighted by atomic mass is 32.2. The number of piperidine rings is 1. The molecule has 1 atom stereocenters. The van der Waals surface area contributed by atoms with E-state index in [1.165, 1.54) is 12.3 Å². The van der Waals surface area contributed by atoms with Crippen LogP contribution in [0.5, 0.6) is 0 Å². The molecule has 1 aliphatic heterocycles. The Bertz CT molecular complexity index is 919. The maximum absolute atomic E-state index is 13.9. The summed E-state index contributed by atoms with van der Waals surface area (Å²) in [7, 11) is -3.41. The summed E-state index contributed by atoms with van der Waals surface area (Å²) in [5.74, 6) is -0.543. The molecule has 7 nitrogen and oxygen atoms in total. The summed E-state index contributed by atoms with van der Waals surface area (Å²) in [4.78, 5) is 1.96. The zero-order valence-electron chi connectivity index (χ0n) is 13.7. The van der Waals surface area contributed by atoms with Crippen LogP contribution in [-0.4, -0.2) is 38.0 Å². The van der Waals surface area contributed by atoms with E-state index in [0.717, 1.165) is 19.1 Å². The van der Waals surface area contributed by atoms with Crippen LogP contribution >= 0.6 is 0 Å². The van der Waals surface area contributed by atoms with E-state index in [-0.39, 0.29) is 11.5 Å². The second kappa shape index (κ2) is 6.72. The molecule has 132 valence electrons. The lowest BCUT2D eigenvalue weighted by Crippen LogP contribution is -2.35. The van der Waals surface area contributed by atoms with Gasteiger partial charge in [0.2, 0.25) is 10.0 Å². The minimum absolute atomic E-state index is 0.00434. The van der Waals surface area contributed by atoms with E-state index in [1.54, 1.807) is 12.1 Å². The molecule has 1 saturated heterocycles. The standard InChI is InChI=1S/C16H18FN5O2S/c1-25(23,24)21-14-9-19-20-16(14)11-4-3-7-22(10-11)15-6-2-5-13(17)12(15)8-18/h2,5-6,9,11,21H,3-4,7,10H2,1H3,(H,19,20)/t11-/m1/s1. The molecule has 1 aromatic heterocycles. The molecule has 0 unspecified atom stereocenters. The molecule has 1 aliphatic rings. The number of hydrogen-bond donors (Lipinski definition) is 2. The predicted octanol–water partition coefficient (Wildman–Crippen LogP) is 2.18. The third-order valence-corrected chi connectivity index (χ3v) is 4.83. The number of rotatable bonds is 4. The number of halogens is 1. The predicted molar refractivity (Wildman–Crippen MR) is 92.4 cm³/mol. The quantitative estimate of drug-likeness (QED) is 0.867. The molecule has 2 N–H and O–H groups in total. The molecule has 0 aliphatic carbocycles. The van der Waals surface area contributed by atoms with Crippen LogP contribution in [0.4, 0.5) is 15.8 Å². The van der Waals surface area contributed by atoms with Crippen molar-refractivity contribution in [2.24, 2.45) is 0 Å². The number of aromatic nitrogens is 2. The molecule has 3 rings (SSSR count). The Hall–Kier alpha value is -2.60. The highest BCUT2D eigenvalue weighted by Crippen LogP contribution is 2.34. The Morgan fingerprint density at radius 1 is 1.48 bits per heavy atom. The van der Waals surface area contributed by atoms with Gasteiger partial charge < -0.3 is 4.90 Å². The summed E-state index contributed by atoms with van der Waals surface area (Å²) in [6.45, 7) is 1.25. The van der Waals surface area contributed by atoms with Crippen molar-refractivity contribution in [3.05, 3.63) is 41.5 Å². The Morgan fingerprint density at radius 2 is 2.28 bits per heavy atom. The summed E-state index contributed by atoms with van der Waals surface area (Å²) in [5.41, 5.74) is 1.71. The molecule has 0 bridgehead atoms. The monoisotopic (exact) mass is 363 g/mol. The minimum Gasteiger partial charge on any atom is -0.370 e. The first kappa shape index (κ1) is 17.2. The molecule has 0 amide bonds. The largest absolute Gasteiger partial charge is 0.370 e. The number of anilines is 2. The van der Waals surface area contributed by atoms with Gasteiger partial charge in [-0.3, -0.25) is 9.82 Å². The van der Waals surface area contributed by atoms with Crippen molar-refractivity contribution in [3.8, 4) is 6.07 Å². The maximum atomic E-state index is 13.9. The van der Waals surface area contributed by atoms with Crippen LogP contribution < -0.4 is 9.62 Å². The Balaban J connectivity index is 1.87. The molecule has 0 saturated carbocycles. The van der Waals surface area contributed by atoms with Gasteiger partial charge in [0.05, 0.1) is 29.5 Å². The fourth-order valence-electron chi connectivity index (χ4n) is 3.21. The van der Waals surface area contributed by atoms with Gasteiger partial charge in [-0.1, -0.05) is 6.07 Å². The topological polar surface area (TPSA) is 102 Å². The van der Waals surface area contributed by atoms with Crippen molar-refractivity contribution >= 4 is 21.4 Å². The van der Waals surface area contributed by atoms with E-state index in [9.17, 15) is 18.1 Å². The van der Waals surface area contributed by atoms with Crippen LogP contribution in [0, 0.1) is 17.1 Å². The van der Waals surface area contributed by atoms with Gasteiger partial charge in [0.25, 0.3) is 0 Å². The number of H-pyrrole nitrogens is 1. The summed E-state index contributed by atoms with van der Waals surface area (Å²) >= 11 is 0. The number of nitrogens with one attached hydrogen (secondary N) is 2. The van der Waals surface area contributed by atoms with Gasteiger partial charge in [0, 0.05) is 19.0 Å². The first-order chi connectivity index (χ1) is 11.9. The zero-order valence-corrected chi connectivity index (χ0v) is 14.5. The van der Waals surface area contributed by atoms with E-state index < -0.39 is 15.8 Å². The van der Waals surface area contributed by atoms with E-state index in [0.29, 0.717) is 30.2 Å². The van der Waals surface area contributed by atoms with Crippen LogP contribution in [-0.2, 0) is 10.0 Å². The van der Waals surface area contributed by atoms with Gasteiger partial charge in [-0.25, -0.2) is 12.8 Å². The smallest absolute Gasteiger partial charge is 0.229 e. The molecule has 9 heteroatoms. The fourth-order valence-corrected chi connectivity index (χ4v) is 3.77. The number of sulfonamides is 1. The molecular formula is C16H18FN5O2S. The van der Waals surface area contributed by atoms with Gasteiger partial charge >= 0.3 is 0 Å². The molecule has 2 heterocycles. The fraction of sp³-hybridized carbons (Fsp3) is 0.375. The van der Waals surface area contributed by atoms with E-state index in [2.05, 4.69) is 14.9 Å². The second-order valence-electron chi connectivity index (χ2n) is 6.10. The summed E-state index contributed by atoms with van der Waals surface area (Å²) in [5, 5.41) is 16.1. The van der Waals surface area contributed by atoms with Crippen molar-refractivity contribution in [1.82, 2.24) is 10.2 Å². The molecule has 1 fully saturated rings. The third-order valence-electron chi connectivity index (χ3n) is 4.24. The Labute approximate surface area is 145 Å². The van der Waals surface area contributed by atoms with Gasteiger partial charge in [-0.2, -0.15) is 10.4 Å². The Kier molecular flexibility index (Phi) is 4.63. The SMILES string of the molecule is CS(=O)(=O)Nc1cn[nH]c1[C@@H]1CCCN(c2cccc(F)c2C#N)C1. The lowest BCUT2D eigenvalue weighted by Gasteiger charge is -2.34. The van der Waals surface area contributed by atoms with Crippen LogP contribution in [0.1, 0.15) is 30.0 Å². The van der Waals surface area contributed by atoms with E-state index in [1.807, 2.05) is 11.0 Å². The summed E-state index contributed by atoms with van der Waals surface area (Å²) in [6, 6.07) is 6.51. The van der Waals surface area contributed by atoms with Gasteiger partial charge in [-0.05, 0) is 25.0 Å². The second-order valence-corrected chi connectivity index (χ2v) is 7.85. The number of benzene rings is 1. The summed E-state index contributed by atoms with van der Waals surface area (Å²) in [6.07, 6.45) is 4.21. The normalized spacial score (nSPS) is 18.0. The van der Waals surface area contributed by atoms with Gasteiger partial charge in [0.15, 0.2) is 0 Å². The molecule has 0 radical (unpaired) electrons. The van der Waals surface area contributed by atoms with Gasteiger partial charge in [0.1, 0.15) is 17.4 Å². The molecule has 0 spiro atoms. The van der Waals surface area contributed by atoms with Crippen molar-refractivity contribution < 1.29 is 12.8 Å². The van der Waals surface area contributed by atoms with E-state index in [4.69, 9.17) is 0 Å². The average Bonchev–Trinajstić information content (AvgIpc) is 3.01. The molecule has 25 heavy (non-hydrogen) atoms. The van der Waals surface area contributed by atoms with Crippen LogP contribution in [0.3, 0.4) is 0 Å². The minimum atomic E-state index is -3.41. The van der Waals surface area contributed by atoms with Crippen molar-refractivity contribution in [2.45, 2.75) is 18.8 Å².